The Morgan fingerprint density at radius 2 is 2.14 bits per heavy atom. The van der Waals surface area contributed by atoms with Gasteiger partial charge in [0.25, 0.3) is 5.91 Å². The number of fused-ring (bicyclic) bond motifs is 1. The summed E-state index contributed by atoms with van der Waals surface area (Å²) in [7, 11) is 0. The Morgan fingerprint density at radius 1 is 1.29 bits per heavy atom. The van der Waals surface area contributed by atoms with Crippen molar-refractivity contribution in [3.8, 4) is 0 Å². The number of nitrogens with one attached hydrogen (secondary N) is 3. The predicted octanol–water partition coefficient (Wildman–Crippen LogP) is 2.48. The van der Waals surface area contributed by atoms with Crippen molar-refractivity contribution in [1.82, 2.24) is 20.5 Å². The monoisotopic (exact) mass is 282 g/mol. The molecule has 0 radical (unpaired) electrons. The number of benzene rings is 1. The summed E-state index contributed by atoms with van der Waals surface area (Å²) in [5, 5.41) is 11.1. The predicted molar refractivity (Wildman–Crippen MR) is 82.4 cm³/mol. The van der Waals surface area contributed by atoms with Crippen LogP contribution in [0, 0.1) is 13.8 Å². The first-order valence-electron chi connectivity index (χ1n) is 7.01. The molecule has 108 valence electrons. The molecule has 5 heteroatoms. The second-order valence-corrected chi connectivity index (χ2v) is 5.16. The lowest BCUT2D eigenvalue weighted by molar-refractivity contribution is 0.0955. The van der Waals surface area contributed by atoms with Crippen LogP contribution in [-0.4, -0.2) is 27.6 Å². The normalized spacial score (nSPS) is 11.0. The van der Waals surface area contributed by atoms with Crippen molar-refractivity contribution in [1.29, 1.82) is 0 Å². The Kier molecular flexibility index (Phi) is 3.48. The zero-order valence-electron chi connectivity index (χ0n) is 12.2. The Labute approximate surface area is 122 Å². The molecule has 21 heavy (non-hydrogen) atoms. The summed E-state index contributed by atoms with van der Waals surface area (Å²) in [6.07, 6.45) is 2.63. The minimum Gasteiger partial charge on any atom is -0.361 e. The van der Waals surface area contributed by atoms with Crippen LogP contribution in [0.3, 0.4) is 0 Å². The van der Waals surface area contributed by atoms with E-state index in [4.69, 9.17) is 0 Å². The van der Waals surface area contributed by atoms with Crippen LogP contribution in [0.15, 0.2) is 30.5 Å². The Bertz CT molecular complexity index is 765. The van der Waals surface area contributed by atoms with Gasteiger partial charge in [-0.1, -0.05) is 6.07 Å². The van der Waals surface area contributed by atoms with Crippen LogP contribution in [0.2, 0.25) is 0 Å². The van der Waals surface area contributed by atoms with Crippen molar-refractivity contribution in [2.45, 2.75) is 20.3 Å². The van der Waals surface area contributed by atoms with E-state index in [0.717, 1.165) is 28.7 Å². The van der Waals surface area contributed by atoms with Crippen LogP contribution in [-0.2, 0) is 6.42 Å². The lowest BCUT2D eigenvalue weighted by Gasteiger charge is -2.06. The molecule has 1 aromatic carbocycles. The summed E-state index contributed by atoms with van der Waals surface area (Å²) in [5.41, 5.74) is 4.91. The molecule has 0 saturated carbocycles. The third-order valence-electron chi connectivity index (χ3n) is 3.78. The largest absolute Gasteiger partial charge is 0.361 e. The molecule has 0 spiro atoms. The lowest BCUT2D eigenvalue weighted by atomic mass is 10.1. The van der Waals surface area contributed by atoms with E-state index in [0.29, 0.717) is 12.1 Å². The molecule has 0 aliphatic carbocycles. The number of aryl methyl sites for hydroxylation is 2. The third kappa shape index (κ3) is 2.54. The third-order valence-corrected chi connectivity index (χ3v) is 3.78. The fraction of sp³-hybridized carbons (Fsp3) is 0.250. The van der Waals surface area contributed by atoms with Crippen LogP contribution in [0.25, 0.3) is 10.9 Å². The number of aromatic amines is 2. The van der Waals surface area contributed by atoms with Crippen molar-refractivity contribution in [3.63, 3.8) is 0 Å². The maximum atomic E-state index is 12.3. The minimum absolute atomic E-state index is 0.0426. The molecule has 2 aromatic heterocycles. The first-order valence-corrected chi connectivity index (χ1v) is 7.01. The molecule has 0 bridgehead atoms. The highest BCUT2D eigenvalue weighted by atomic mass is 16.1. The standard InChI is InChI=1S/C16H18N4O/c1-10-12(11(2)20-19-10)6-9-18-16(21)14-4-3-5-15-13(14)7-8-17-15/h3-5,7-8,17H,6,9H2,1-2H3,(H,18,21)(H,19,20). The number of hydrogen-bond donors (Lipinski definition) is 3. The first kappa shape index (κ1) is 13.4. The van der Waals surface area contributed by atoms with E-state index in [1.807, 2.05) is 44.3 Å². The quantitative estimate of drug-likeness (QED) is 0.687. The molecule has 0 unspecified atom stereocenters. The number of carbonyl (C=O) groups excluding carboxylic acids is 1. The summed E-state index contributed by atoms with van der Waals surface area (Å²) in [6, 6.07) is 7.62. The molecule has 2 heterocycles. The number of aromatic nitrogens is 3. The van der Waals surface area contributed by atoms with E-state index in [-0.39, 0.29) is 5.91 Å². The number of nitrogens with zero attached hydrogens (tertiary/aromatic N) is 1. The number of rotatable bonds is 4. The number of carbonyl (C=O) groups is 1. The molecule has 0 fully saturated rings. The zero-order chi connectivity index (χ0) is 14.8. The Hall–Kier alpha value is -2.56. The summed E-state index contributed by atoms with van der Waals surface area (Å²) >= 11 is 0. The minimum atomic E-state index is -0.0426. The van der Waals surface area contributed by atoms with E-state index in [9.17, 15) is 4.79 Å². The van der Waals surface area contributed by atoms with Gasteiger partial charge in [0.15, 0.2) is 0 Å². The van der Waals surface area contributed by atoms with Gasteiger partial charge in [0.05, 0.1) is 5.69 Å². The maximum Gasteiger partial charge on any atom is 0.251 e. The molecule has 1 amide bonds. The summed E-state index contributed by atoms with van der Waals surface area (Å²) in [6.45, 7) is 4.57. The number of hydrogen-bond acceptors (Lipinski definition) is 2. The average molecular weight is 282 g/mol. The van der Waals surface area contributed by atoms with Crippen LogP contribution in [0.1, 0.15) is 27.3 Å². The van der Waals surface area contributed by atoms with Gasteiger partial charge in [-0.05, 0) is 44.0 Å². The van der Waals surface area contributed by atoms with E-state index < -0.39 is 0 Å². The highest BCUT2D eigenvalue weighted by Gasteiger charge is 2.11. The van der Waals surface area contributed by atoms with Gasteiger partial charge >= 0.3 is 0 Å². The molecule has 0 aliphatic heterocycles. The topological polar surface area (TPSA) is 73.6 Å². The first-order chi connectivity index (χ1) is 10.2. The second kappa shape index (κ2) is 5.44. The highest BCUT2D eigenvalue weighted by Crippen LogP contribution is 2.17. The van der Waals surface area contributed by atoms with Gasteiger partial charge in [0, 0.05) is 34.9 Å². The molecule has 3 rings (SSSR count). The Balaban J connectivity index is 1.68. The van der Waals surface area contributed by atoms with Crippen molar-refractivity contribution < 1.29 is 4.79 Å². The van der Waals surface area contributed by atoms with Crippen LogP contribution in [0.4, 0.5) is 0 Å². The zero-order valence-corrected chi connectivity index (χ0v) is 12.2. The van der Waals surface area contributed by atoms with Crippen LogP contribution >= 0.6 is 0 Å². The van der Waals surface area contributed by atoms with E-state index in [1.54, 1.807) is 0 Å². The van der Waals surface area contributed by atoms with Crippen LogP contribution in [0.5, 0.6) is 0 Å². The van der Waals surface area contributed by atoms with Gasteiger partial charge in [-0.25, -0.2) is 0 Å². The van der Waals surface area contributed by atoms with Crippen molar-refractivity contribution in [2.75, 3.05) is 6.54 Å². The second-order valence-electron chi connectivity index (χ2n) is 5.16. The average Bonchev–Trinajstić information content (AvgIpc) is 3.07. The molecular weight excluding hydrogens is 264 g/mol. The number of amides is 1. The van der Waals surface area contributed by atoms with Gasteiger partial charge in [-0.15, -0.1) is 0 Å². The van der Waals surface area contributed by atoms with Gasteiger partial charge in [0.2, 0.25) is 0 Å². The molecular formula is C16H18N4O. The van der Waals surface area contributed by atoms with Gasteiger partial charge in [-0.2, -0.15) is 5.10 Å². The van der Waals surface area contributed by atoms with Crippen LogP contribution < -0.4 is 5.32 Å². The molecule has 3 N–H and O–H groups in total. The van der Waals surface area contributed by atoms with Gasteiger partial charge in [0.1, 0.15) is 0 Å². The van der Waals surface area contributed by atoms with E-state index in [1.165, 1.54) is 5.56 Å². The van der Waals surface area contributed by atoms with E-state index >= 15 is 0 Å². The fourth-order valence-corrected chi connectivity index (χ4v) is 2.62. The summed E-state index contributed by atoms with van der Waals surface area (Å²) in [4.78, 5) is 15.4. The van der Waals surface area contributed by atoms with Gasteiger partial charge in [-0.3, -0.25) is 9.89 Å². The maximum absolute atomic E-state index is 12.3. The SMILES string of the molecule is Cc1n[nH]c(C)c1CCNC(=O)c1cccc2[nH]ccc12. The van der Waals surface area contributed by atoms with Crippen molar-refractivity contribution in [2.24, 2.45) is 0 Å². The fourth-order valence-electron chi connectivity index (χ4n) is 2.62. The molecule has 0 saturated heterocycles. The highest BCUT2D eigenvalue weighted by molar-refractivity contribution is 6.06. The summed E-state index contributed by atoms with van der Waals surface area (Å²) in [5.74, 6) is -0.0426. The molecule has 5 nitrogen and oxygen atoms in total. The lowest BCUT2D eigenvalue weighted by Crippen LogP contribution is -2.26. The smallest absolute Gasteiger partial charge is 0.251 e. The van der Waals surface area contributed by atoms with E-state index in [2.05, 4.69) is 20.5 Å². The van der Waals surface area contributed by atoms with Gasteiger partial charge < -0.3 is 10.3 Å². The Morgan fingerprint density at radius 3 is 2.90 bits per heavy atom. The number of H-pyrrole nitrogens is 2. The molecule has 0 atom stereocenters. The molecule has 0 aliphatic rings. The van der Waals surface area contributed by atoms with Crippen molar-refractivity contribution in [3.05, 3.63) is 53.0 Å². The molecule has 3 aromatic rings. The van der Waals surface area contributed by atoms with Crippen molar-refractivity contribution >= 4 is 16.8 Å². The summed E-state index contributed by atoms with van der Waals surface area (Å²) < 4.78 is 0.